The molecule has 0 spiro atoms. The lowest BCUT2D eigenvalue weighted by molar-refractivity contribution is -0.274. The number of carbonyl (C=O) groups is 2. The number of hydrogen-bond donors (Lipinski definition) is 1. The Kier molecular flexibility index (Phi) is 9.23. The predicted octanol–water partition coefficient (Wildman–Crippen LogP) is 6.87. The number of alkyl halides is 3. The van der Waals surface area contributed by atoms with Gasteiger partial charge in [0.2, 0.25) is 5.91 Å². The topological polar surface area (TPSA) is 102 Å². The van der Waals surface area contributed by atoms with Crippen LogP contribution in [0.1, 0.15) is 37.8 Å². The molecule has 3 amide bonds. The zero-order valence-corrected chi connectivity index (χ0v) is 25.2. The van der Waals surface area contributed by atoms with Crippen LogP contribution in [-0.4, -0.2) is 50.0 Å². The van der Waals surface area contributed by atoms with Crippen LogP contribution in [0.5, 0.6) is 5.75 Å². The number of ether oxygens (including phenoxy) is 1. The highest BCUT2D eigenvalue weighted by Gasteiger charge is 2.33. The molecule has 45 heavy (non-hydrogen) atoms. The second-order valence-electron chi connectivity index (χ2n) is 10.6. The van der Waals surface area contributed by atoms with Crippen LogP contribution in [0, 0.1) is 5.82 Å². The van der Waals surface area contributed by atoms with E-state index >= 15 is 0 Å². The van der Waals surface area contributed by atoms with E-state index in [2.05, 4.69) is 25.1 Å². The molecule has 1 fully saturated rings. The molecule has 4 aromatic rings. The summed E-state index contributed by atoms with van der Waals surface area (Å²) in [4.78, 5) is 35.3. The molecule has 0 aliphatic carbocycles. The van der Waals surface area contributed by atoms with E-state index in [1.54, 1.807) is 0 Å². The number of carbonyl (C=O) groups excluding carboxylic acids is 2. The van der Waals surface area contributed by atoms with Gasteiger partial charge in [0.1, 0.15) is 17.9 Å². The highest BCUT2D eigenvalue weighted by Crippen LogP contribution is 2.34. The number of anilines is 1. The number of nitrogens with zero attached hydrogens (tertiary/aromatic N) is 5. The van der Waals surface area contributed by atoms with Crippen LogP contribution in [-0.2, 0) is 11.2 Å². The third kappa shape index (κ3) is 7.87. The summed E-state index contributed by atoms with van der Waals surface area (Å²) in [5.41, 5.74) is 3.32. The molecule has 1 saturated heterocycles. The maximum absolute atomic E-state index is 13.9. The second kappa shape index (κ2) is 13.1. The minimum atomic E-state index is -4.77. The highest BCUT2D eigenvalue weighted by atomic mass is 32.2. The molecule has 1 aromatic heterocycles. The molecule has 1 aliphatic rings. The Morgan fingerprint density at radius 3 is 2.44 bits per heavy atom. The Balaban J connectivity index is 1.20. The molecule has 1 atom stereocenters. The quantitative estimate of drug-likeness (QED) is 0.211. The molecule has 0 bridgehead atoms. The summed E-state index contributed by atoms with van der Waals surface area (Å²) in [6.45, 7) is 5.63. The summed E-state index contributed by atoms with van der Waals surface area (Å²) >= 11 is 1.15. The van der Waals surface area contributed by atoms with E-state index in [-0.39, 0.29) is 34.5 Å². The van der Waals surface area contributed by atoms with Gasteiger partial charge in [0.15, 0.2) is 11.0 Å². The number of amidine groups is 1. The Labute approximate surface area is 260 Å². The van der Waals surface area contributed by atoms with E-state index in [0.29, 0.717) is 29.2 Å². The number of aromatic nitrogens is 3. The average Bonchev–Trinajstić information content (AvgIpc) is 3.60. The molecule has 14 heteroatoms. The molecule has 5 rings (SSSR count). The molecule has 1 N–H and O–H groups in total. The fourth-order valence-electron chi connectivity index (χ4n) is 4.72. The normalized spacial score (nSPS) is 15.2. The Hall–Kier alpha value is -4.72. The van der Waals surface area contributed by atoms with Gasteiger partial charge in [0, 0.05) is 11.6 Å². The number of urea groups is 1. The molecule has 0 radical (unpaired) electrons. The van der Waals surface area contributed by atoms with Gasteiger partial charge in [-0.05, 0) is 72.9 Å². The molecule has 2 heterocycles. The van der Waals surface area contributed by atoms with Gasteiger partial charge in [-0.3, -0.25) is 9.69 Å². The minimum absolute atomic E-state index is 0.0513. The fourth-order valence-corrected chi connectivity index (χ4v) is 5.58. The molecule has 1 aliphatic heterocycles. The first-order valence-corrected chi connectivity index (χ1v) is 14.9. The molecule has 0 saturated carbocycles. The lowest BCUT2D eigenvalue weighted by atomic mass is 10.0. The fraction of sp³-hybridized carbons (Fsp3) is 0.258. The number of aliphatic imine (C=N–C) groups is 1. The Morgan fingerprint density at radius 2 is 1.78 bits per heavy atom. The van der Waals surface area contributed by atoms with Crippen LogP contribution >= 0.6 is 11.8 Å². The molecule has 3 aromatic carbocycles. The summed E-state index contributed by atoms with van der Waals surface area (Å²) in [7, 11) is 0. The van der Waals surface area contributed by atoms with Crippen LogP contribution in [0.2, 0.25) is 0 Å². The smallest absolute Gasteiger partial charge is 0.406 e. The van der Waals surface area contributed by atoms with Gasteiger partial charge in [-0.2, -0.15) is 4.99 Å². The van der Waals surface area contributed by atoms with Crippen LogP contribution in [0.4, 0.5) is 28.0 Å². The monoisotopic (exact) mass is 640 g/mol. The van der Waals surface area contributed by atoms with Gasteiger partial charge in [0.05, 0.1) is 17.1 Å². The van der Waals surface area contributed by atoms with Gasteiger partial charge in [-0.25, -0.2) is 18.9 Å². The van der Waals surface area contributed by atoms with Crippen LogP contribution in [0.3, 0.4) is 0 Å². The third-order valence-electron chi connectivity index (χ3n) is 6.77. The van der Waals surface area contributed by atoms with E-state index in [1.165, 1.54) is 58.4 Å². The minimum Gasteiger partial charge on any atom is -0.406 e. The van der Waals surface area contributed by atoms with E-state index in [0.717, 1.165) is 22.9 Å². The van der Waals surface area contributed by atoms with Gasteiger partial charge in [-0.1, -0.05) is 49.9 Å². The van der Waals surface area contributed by atoms with Crippen molar-refractivity contribution in [2.24, 2.45) is 4.99 Å². The maximum atomic E-state index is 13.9. The first kappa shape index (κ1) is 31.7. The highest BCUT2D eigenvalue weighted by molar-refractivity contribution is 8.15. The van der Waals surface area contributed by atoms with Crippen molar-refractivity contribution in [3.8, 4) is 22.8 Å². The molecule has 9 nitrogen and oxygen atoms in total. The molecular weight excluding hydrogens is 612 g/mol. The van der Waals surface area contributed by atoms with E-state index in [1.807, 2.05) is 45.0 Å². The number of hydrogen-bond acceptors (Lipinski definition) is 6. The zero-order valence-electron chi connectivity index (χ0n) is 24.4. The molecule has 234 valence electrons. The van der Waals surface area contributed by atoms with Crippen molar-refractivity contribution >= 4 is 34.6 Å². The largest absolute Gasteiger partial charge is 0.573 e. The number of rotatable bonds is 8. The number of amides is 3. The Bertz CT molecular complexity index is 1720. The maximum Gasteiger partial charge on any atom is 0.573 e. The van der Waals surface area contributed by atoms with Crippen molar-refractivity contribution in [2.75, 3.05) is 10.7 Å². The lowest BCUT2D eigenvalue weighted by Gasteiger charge is -2.21. The van der Waals surface area contributed by atoms with Crippen LogP contribution in [0.15, 0.2) is 78.0 Å². The Morgan fingerprint density at radius 1 is 1.07 bits per heavy atom. The summed E-state index contributed by atoms with van der Waals surface area (Å²) in [6, 6.07) is 16.0. The summed E-state index contributed by atoms with van der Waals surface area (Å²) in [5.74, 6) is -0.480. The number of nitrogens with one attached hydrogen (secondary N) is 1. The third-order valence-corrected chi connectivity index (χ3v) is 7.69. The van der Waals surface area contributed by atoms with Crippen molar-refractivity contribution in [3.63, 3.8) is 0 Å². The first-order chi connectivity index (χ1) is 21.4. The van der Waals surface area contributed by atoms with E-state index in [9.17, 15) is 27.2 Å². The van der Waals surface area contributed by atoms with Gasteiger partial charge in [0.25, 0.3) is 0 Å². The number of halogens is 4. The van der Waals surface area contributed by atoms with Crippen LogP contribution < -0.4 is 15.0 Å². The first-order valence-electron chi connectivity index (χ1n) is 13.9. The van der Waals surface area contributed by atoms with Gasteiger partial charge < -0.3 is 10.1 Å². The van der Waals surface area contributed by atoms with Gasteiger partial charge >= 0.3 is 12.4 Å². The standard InChI is InChI=1S/C31H28F4N6O3S/c1-18(2)25-15-22(32)8-13-26(25)41-27(42)16-45-30(41)38-29(43)37-19(3)14-20-4-6-21(7-5-20)28-36-17-40(39-28)23-9-11-24(12-10-23)44-31(33,34)35/h4-13,15,17-19H,14,16H2,1-3H3,(H,37,43)/b38-30-. The number of benzene rings is 3. The molecular formula is C31H28F4N6O3S. The lowest BCUT2D eigenvalue weighted by Crippen LogP contribution is -2.35. The molecule has 1 unspecified atom stereocenters. The van der Waals surface area contributed by atoms with Crippen LogP contribution in [0.25, 0.3) is 17.1 Å². The zero-order chi connectivity index (χ0) is 32.3. The average molecular weight is 641 g/mol. The van der Waals surface area contributed by atoms with Crippen molar-refractivity contribution in [3.05, 3.63) is 90.0 Å². The second-order valence-corrected chi connectivity index (χ2v) is 11.5. The van der Waals surface area contributed by atoms with E-state index in [4.69, 9.17) is 0 Å². The van der Waals surface area contributed by atoms with Crippen molar-refractivity contribution in [1.29, 1.82) is 0 Å². The van der Waals surface area contributed by atoms with Crippen molar-refractivity contribution < 1.29 is 31.9 Å². The summed E-state index contributed by atoms with van der Waals surface area (Å²) in [6.07, 6.45) is -2.82. The predicted molar refractivity (Wildman–Crippen MR) is 163 cm³/mol. The van der Waals surface area contributed by atoms with Crippen molar-refractivity contribution in [2.45, 2.75) is 45.5 Å². The summed E-state index contributed by atoms with van der Waals surface area (Å²) < 4.78 is 56.5. The summed E-state index contributed by atoms with van der Waals surface area (Å²) in [5, 5.41) is 7.48. The van der Waals surface area contributed by atoms with Crippen molar-refractivity contribution in [1.82, 2.24) is 20.1 Å². The van der Waals surface area contributed by atoms with E-state index < -0.39 is 18.2 Å². The number of thioether (sulfide) groups is 1. The SMILES string of the molecule is CC(Cc1ccc(-c2ncn(-c3ccc(OC(F)(F)F)cc3)n2)cc1)NC(=O)/N=C1\SCC(=O)N1c1ccc(F)cc1C(C)C. The van der Waals surface area contributed by atoms with Gasteiger partial charge in [-0.15, -0.1) is 18.3 Å².